The van der Waals surface area contributed by atoms with Crippen LogP contribution in [0.15, 0.2) is 54.6 Å². The maximum Gasteiger partial charge on any atom is 0.146 e. The van der Waals surface area contributed by atoms with Crippen molar-refractivity contribution < 1.29 is 4.39 Å². The second kappa shape index (κ2) is 6.75. The summed E-state index contributed by atoms with van der Waals surface area (Å²) in [6.07, 6.45) is 6.35. The minimum absolute atomic E-state index is 0.172. The van der Waals surface area contributed by atoms with Crippen molar-refractivity contribution in [1.29, 1.82) is 0 Å². The Morgan fingerprint density at radius 3 is 2.24 bits per heavy atom. The molecular weight excluding hydrogens is 261 g/mol. The lowest BCUT2D eigenvalue weighted by Crippen LogP contribution is -2.23. The fourth-order valence-electron chi connectivity index (χ4n) is 3.35. The van der Waals surface area contributed by atoms with Gasteiger partial charge in [-0.15, -0.1) is 0 Å². The minimum Gasteiger partial charge on any atom is -0.376 e. The van der Waals surface area contributed by atoms with Gasteiger partial charge < -0.3 is 5.32 Å². The van der Waals surface area contributed by atoms with E-state index in [-0.39, 0.29) is 11.9 Å². The standard InChI is InChI=1S/C19H22FN/c20-17-13-7-8-14-18(17)21-19(15-9-3-1-4-10-15)16-11-5-2-6-12-16/h1,3-4,7-10,13-14,16,19,21H,2,5-6,11-12H2. The highest BCUT2D eigenvalue weighted by Gasteiger charge is 2.25. The zero-order valence-electron chi connectivity index (χ0n) is 12.3. The molecule has 2 heteroatoms. The Balaban J connectivity index is 1.87. The molecule has 1 aliphatic rings. The Hall–Kier alpha value is -1.83. The largest absolute Gasteiger partial charge is 0.376 e. The third-order valence-corrected chi connectivity index (χ3v) is 4.46. The Morgan fingerprint density at radius 1 is 0.857 bits per heavy atom. The molecule has 1 fully saturated rings. The van der Waals surface area contributed by atoms with E-state index >= 15 is 0 Å². The average molecular weight is 283 g/mol. The molecule has 2 aromatic rings. The summed E-state index contributed by atoms with van der Waals surface area (Å²) < 4.78 is 14.0. The van der Waals surface area contributed by atoms with E-state index in [1.54, 1.807) is 6.07 Å². The lowest BCUT2D eigenvalue weighted by molar-refractivity contribution is 0.320. The predicted octanol–water partition coefficient (Wildman–Crippen LogP) is 5.56. The van der Waals surface area contributed by atoms with E-state index in [1.807, 2.05) is 18.2 Å². The van der Waals surface area contributed by atoms with Gasteiger partial charge in [-0.2, -0.15) is 0 Å². The van der Waals surface area contributed by atoms with Crippen LogP contribution in [-0.2, 0) is 0 Å². The summed E-state index contributed by atoms with van der Waals surface area (Å²) in [5.41, 5.74) is 1.87. The average Bonchev–Trinajstić information content (AvgIpc) is 2.56. The number of rotatable bonds is 4. The highest BCUT2D eigenvalue weighted by atomic mass is 19.1. The van der Waals surface area contributed by atoms with E-state index in [4.69, 9.17) is 0 Å². The van der Waals surface area contributed by atoms with Crippen molar-refractivity contribution in [3.05, 3.63) is 66.0 Å². The van der Waals surface area contributed by atoms with Gasteiger partial charge in [0.2, 0.25) is 0 Å². The monoisotopic (exact) mass is 283 g/mol. The Morgan fingerprint density at radius 2 is 1.52 bits per heavy atom. The number of nitrogens with one attached hydrogen (secondary N) is 1. The number of hydrogen-bond acceptors (Lipinski definition) is 1. The summed E-state index contributed by atoms with van der Waals surface area (Å²) >= 11 is 0. The number of halogens is 1. The van der Waals surface area contributed by atoms with Crippen molar-refractivity contribution in [3.63, 3.8) is 0 Å². The quantitative estimate of drug-likeness (QED) is 0.774. The van der Waals surface area contributed by atoms with Crippen molar-refractivity contribution in [2.45, 2.75) is 38.1 Å². The molecule has 1 unspecified atom stereocenters. The number of hydrogen-bond donors (Lipinski definition) is 1. The zero-order chi connectivity index (χ0) is 14.5. The van der Waals surface area contributed by atoms with Crippen LogP contribution in [0.5, 0.6) is 0 Å². The van der Waals surface area contributed by atoms with Gasteiger partial charge in [-0.1, -0.05) is 61.7 Å². The van der Waals surface area contributed by atoms with Gasteiger partial charge in [-0.3, -0.25) is 0 Å². The third kappa shape index (κ3) is 3.44. The molecule has 0 bridgehead atoms. The molecule has 21 heavy (non-hydrogen) atoms. The second-order valence-electron chi connectivity index (χ2n) is 5.91. The van der Waals surface area contributed by atoms with Gasteiger partial charge in [0.15, 0.2) is 0 Å². The molecule has 3 rings (SSSR count). The summed E-state index contributed by atoms with van der Waals surface area (Å²) in [5, 5.41) is 3.46. The van der Waals surface area contributed by atoms with Crippen molar-refractivity contribution in [1.82, 2.24) is 0 Å². The van der Waals surface area contributed by atoms with Gasteiger partial charge >= 0.3 is 0 Å². The first-order chi connectivity index (χ1) is 10.3. The first-order valence-corrected chi connectivity index (χ1v) is 7.90. The maximum absolute atomic E-state index is 14.0. The zero-order valence-corrected chi connectivity index (χ0v) is 12.3. The fourth-order valence-corrected chi connectivity index (χ4v) is 3.35. The summed E-state index contributed by atoms with van der Waals surface area (Å²) in [6.45, 7) is 0. The molecule has 1 nitrogen and oxygen atoms in total. The second-order valence-corrected chi connectivity index (χ2v) is 5.91. The molecule has 0 aliphatic heterocycles. The first-order valence-electron chi connectivity index (χ1n) is 7.90. The number of benzene rings is 2. The van der Waals surface area contributed by atoms with Crippen molar-refractivity contribution in [2.75, 3.05) is 5.32 Å². The summed E-state index contributed by atoms with van der Waals surface area (Å²) in [5.74, 6) is 0.412. The molecule has 110 valence electrons. The summed E-state index contributed by atoms with van der Waals surface area (Å²) in [4.78, 5) is 0. The Kier molecular flexibility index (Phi) is 4.54. The maximum atomic E-state index is 14.0. The molecule has 0 radical (unpaired) electrons. The normalized spacial score (nSPS) is 17.4. The lowest BCUT2D eigenvalue weighted by atomic mass is 9.81. The van der Waals surface area contributed by atoms with Crippen LogP contribution in [0.1, 0.15) is 43.7 Å². The molecule has 0 saturated heterocycles. The number of anilines is 1. The van der Waals surface area contributed by atoms with Crippen LogP contribution in [0.25, 0.3) is 0 Å². The SMILES string of the molecule is Fc1ccccc1NC(c1ccccc1)C1CCCCC1. The van der Waals surface area contributed by atoms with Gasteiger partial charge in [0.25, 0.3) is 0 Å². The van der Waals surface area contributed by atoms with Crippen LogP contribution < -0.4 is 5.32 Å². The molecule has 1 atom stereocenters. The predicted molar refractivity (Wildman–Crippen MR) is 85.8 cm³/mol. The van der Waals surface area contributed by atoms with E-state index in [0.717, 1.165) is 0 Å². The molecular formula is C19H22FN. The molecule has 0 aromatic heterocycles. The van der Waals surface area contributed by atoms with E-state index in [9.17, 15) is 4.39 Å². The third-order valence-electron chi connectivity index (χ3n) is 4.46. The first kappa shape index (κ1) is 14.1. The number of para-hydroxylation sites is 1. The Bertz CT molecular complexity index is 561. The van der Waals surface area contributed by atoms with Crippen molar-refractivity contribution >= 4 is 5.69 Å². The van der Waals surface area contributed by atoms with Crippen LogP contribution in [0.2, 0.25) is 0 Å². The molecule has 2 aromatic carbocycles. The van der Waals surface area contributed by atoms with Crippen LogP contribution in [0, 0.1) is 11.7 Å². The van der Waals surface area contributed by atoms with E-state index in [0.29, 0.717) is 11.6 Å². The highest BCUT2D eigenvalue weighted by molar-refractivity contribution is 5.47. The van der Waals surface area contributed by atoms with Gasteiger partial charge in [0.05, 0.1) is 11.7 Å². The van der Waals surface area contributed by atoms with Gasteiger partial charge in [0.1, 0.15) is 5.82 Å². The van der Waals surface area contributed by atoms with Crippen molar-refractivity contribution in [3.8, 4) is 0 Å². The van der Waals surface area contributed by atoms with Crippen LogP contribution in [0.3, 0.4) is 0 Å². The topological polar surface area (TPSA) is 12.0 Å². The van der Waals surface area contributed by atoms with E-state index in [1.165, 1.54) is 43.7 Å². The molecule has 1 N–H and O–H groups in total. The van der Waals surface area contributed by atoms with Crippen LogP contribution in [-0.4, -0.2) is 0 Å². The molecule has 0 amide bonds. The lowest BCUT2D eigenvalue weighted by Gasteiger charge is -2.32. The van der Waals surface area contributed by atoms with Gasteiger partial charge in [0, 0.05) is 0 Å². The van der Waals surface area contributed by atoms with Gasteiger partial charge in [-0.05, 0) is 36.5 Å². The van der Waals surface area contributed by atoms with Crippen molar-refractivity contribution in [2.24, 2.45) is 5.92 Å². The molecule has 0 heterocycles. The molecule has 0 spiro atoms. The highest BCUT2D eigenvalue weighted by Crippen LogP contribution is 2.37. The van der Waals surface area contributed by atoms with Crippen LogP contribution in [0.4, 0.5) is 10.1 Å². The van der Waals surface area contributed by atoms with E-state index < -0.39 is 0 Å². The summed E-state index contributed by atoms with van der Waals surface area (Å²) in [7, 11) is 0. The molecule has 1 saturated carbocycles. The van der Waals surface area contributed by atoms with E-state index in [2.05, 4.69) is 29.6 Å². The summed E-state index contributed by atoms with van der Waals surface area (Å²) in [6, 6.07) is 17.6. The van der Waals surface area contributed by atoms with Crippen LogP contribution >= 0.6 is 0 Å². The molecule has 1 aliphatic carbocycles. The van der Waals surface area contributed by atoms with Gasteiger partial charge in [-0.25, -0.2) is 4.39 Å². The fraction of sp³-hybridized carbons (Fsp3) is 0.368. The smallest absolute Gasteiger partial charge is 0.146 e. The minimum atomic E-state index is -0.172. The Labute approximate surface area is 126 Å².